The van der Waals surface area contributed by atoms with Gasteiger partial charge >= 0.3 is 6.18 Å². The Morgan fingerprint density at radius 3 is 2.35 bits per heavy atom. The van der Waals surface area contributed by atoms with Gasteiger partial charge in [-0.2, -0.15) is 13.2 Å². The van der Waals surface area contributed by atoms with E-state index in [1.54, 1.807) is 11.8 Å². The lowest BCUT2D eigenvalue weighted by Crippen LogP contribution is -2.53. The van der Waals surface area contributed by atoms with Crippen LogP contribution in [0.4, 0.5) is 13.2 Å². The zero-order valence-corrected chi connectivity index (χ0v) is 13.7. The number of aliphatic imine (C=N–C) groups is 1. The molecule has 1 aliphatic heterocycles. The SMILES string of the molecule is CCNC(=NCCCOCC(F)(F)F)N1CCN(C(C)=O)CC1. The number of alkyl halides is 3. The molecule has 0 bridgehead atoms. The third-order valence-corrected chi connectivity index (χ3v) is 3.33. The molecular weight excluding hydrogens is 313 g/mol. The molecule has 23 heavy (non-hydrogen) atoms. The van der Waals surface area contributed by atoms with Gasteiger partial charge in [0.25, 0.3) is 0 Å². The highest BCUT2D eigenvalue weighted by Gasteiger charge is 2.27. The maximum Gasteiger partial charge on any atom is 0.411 e. The first-order chi connectivity index (χ1) is 10.8. The molecule has 1 aliphatic rings. The number of hydrogen-bond donors (Lipinski definition) is 1. The monoisotopic (exact) mass is 338 g/mol. The first-order valence-corrected chi connectivity index (χ1v) is 7.76. The molecule has 1 N–H and O–H groups in total. The van der Waals surface area contributed by atoms with Crippen LogP contribution in [0.3, 0.4) is 0 Å². The van der Waals surface area contributed by atoms with Crippen molar-refractivity contribution in [3.63, 3.8) is 0 Å². The van der Waals surface area contributed by atoms with Gasteiger partial charge < -0.3 is 19.9 Å². The molecule has 134 valence electrons. The number of carbonyl (C=O) groups excluding carboxylic acids is 1. The molecule has 1 heterocycles. The van der Waals surface area contributed by atoms with E-state index >= 15 is 0 Å². The summed E-state index contributed by atoms with van der Waals surface area (Å²) in [5, 5.41) is 3.16. The van der Waals surface area contributed by atoms with Gasteiger partial charge in [0.15, 0.2) is 5.96 Å². The normalized spacial score (nSPS) is 16.7. The van der Waals surface area contributed by atoms with Crippen LogP contribution in [0.5, 0.6) is 0 Å². The maximum atomic E-state index is 11.9. The molecule has 0 aromatic rings. The molecular formula is C14H25F3N4O2. The van der Waals surface area contributed by atoms with E-state index in [2.05, 4.69) is 19.9 Å². The van der Waals surface area contributed by atoms with Crippen LogP contribution in [-0.2, 0) is 9.53 Å². The second-order valence-electron chi connectivity index (χ2n) is 5.25. The summed E-state index contributed by atoms with van der Waals surface area (Å²) in [5.41, 5.74) is 0. The Labute approximate surface area is 134 Å². The first kappa shape index (κ1) is 19.5. The fourth-order valence-corrected chi connectivity index (χ4v) is 2.20. The molecule has 1 fully saturated rings. The zero-order valence-electron chi connectivity index (χ0n) is 13.7. The van der Waals surface area contributed by atoms with Gasteiger partial charge in [0.1, 0.15) is 6.61 Å². The number of piperazine rings is 1. The van der Waals surface area contributed by atoms with Crippen molar-refractivity contribution in [2.24, 2.45) is 4.99 Å². The van der Waals surface area contributed by atoms with Crippen molar-refractivity contribution in [3.8, 4) is 0 Å². The average Bonchev–Trinajstić information content (AvgIpc) is 2.48. The summed E-state index contributed by atoms with van der Waals surface area (Å²) in [6.07, 6.45) is -3.85. The quantitative estimate of drug-likeness (QED) is 0.447. The lowest BCUT2D eigenvalue weighted by atomic mass is 10.3. The second-order valence-corrected chi connectivity index (χ2v) is 5.25. The summed E-state index contributed by atoms with van der Waals surface area (Å²) in [6, 6.07) is 0. The molecule has 6 nitrogen and oxygen atoms in total. The molecule has 0 saturated carbocycles. The Bertz CT molecular complexity index is 394. The van der Waals surface area contributed by atoms with Gasteiger partial charge in [0, 0.05) is 52.8 Å². The van der Waals surface area contributed by atoms with Gasteiger partial charge in [-0.25, -0.2) is 0 Å². The summed E-state index contributed by atoms with van der Waals surface area (Å²) >= 11 is 0. The van der Waals surface area contributed by atoms with Crippen LogP contribution in [0.2, 0.25) is 0 Å². The maximum absolute atomic E-state index is 11.9. The number of amides is 1. The van der Waals surface area contributed by atoms with Crippen molar-refractivity contribution in [1.29, 1.82) is 0 Å². The molecule has 0 unspecified atom stereocenters. The lowest BCUT2D eigenvalue weighted by molar-refractivity contribution is -0.173. The Morgan fingerprint density at radius 1 is 1.22 bits per heavy atom. The van der Waals surface area contributed by atoms with Crippen molar-refractivity contribution >= 4 is 11.9 Å². The largest absolute Gasteiger partial charge is 0.411 e. The standard InChI is InChI=1S/C14H25F3N4O2/c1-3-18-13(19-5-4-10-23-11-14(15,16)17)21-8-6-20(7-9-21)12(2)22/h3-11H2,1-2H3,(H,18,19). The van der Waals surface area contributed by atoms with Crippen molar-refractivity contribution in [2.75, 3.05) is 52.5 Å². The molecule has 0 aliphatic carbocycles. The van der Waals surface area contributed by atoms with E-state index in [-0.39, 0.29) is 12.5 Å². The molecule has 0 radical (unpaired) electrons. The van der Waals surface area contributed by atoms with Crippen molar-refractivity contribution < 1.29 is 22.7 Å². The second kappa shape index (κ2) is 9.59. The van der Waals surface area contributed by atoms with Crippen molar-refractivity contribution in [2.45, 2.75) is 26.4 Å². The number of hydrogen-bond acceptors (Lipinski definition) is 3. The number of ether oxygens (including phenoxy) is 1. The molecule has 9 heteroatoms. The summed E-state index contributed by atoms with van der Waals surface area (Å²) in [7, 11) is 0. The zero-order chi connectivity index (χ0) is 17.3. The van der Waals surface area contributed by atoms with Gasteiger partial charge in [-0.3, -0.25) is 9.79 Å². The van der Waals surface area contributed by atoms with Crippen molar-refractivity contribution in [1.82, 2.24) is 15.1 Å². The van der Waals surface area contributed by atoms with E-state index < -0.39 is 12.8 Å². The van der Waals surface area contributed by atoms with E-state index in [1.165, 1.54) is 0 Å². The van der Waals surface area contributed by atoms with Gasteiger partial charge in [0.2, 0.25) is 5.91 Å². The van der Waals surface area contributed by atoms with Crippen LogP contribution in [0.15, 0.2) is 4.99 Å². The fourth-order valence-electron chi connectivity index (χ4n) is 2.20. The predicted octanol–water partition coefficient (Wildman–Crippen LogP) is 1.08. The average molecular weight is 338 g/mol. The van der Waals surface area contributed by atoms with E-state index in [0.29, 0.717) is 45.7 Å². The van der Waals surface area contributed by atoms with E-state index in [0.717, 1.165) is 5.96 Å². The van der Waals surface area contributed by atoms with E-state index in [4.69, 9.17) is 0 Å². The highest BCUT2D eigenvalue weighted by molar-refractivity contribution is 5.80. The third kappa shape index (κ3) is 8.06. The smallest absolute Gasteiger partial charge is 0.372 e. The summed E-state index contributed by atoms with van der Waals surface area (Å²) in [6.45, 7) is 6.09. The van der Waals surface area contributed by atoms with Gasteiger partial charge in [-0.05, 0) is 13.3 Å². The molecule has 1 saturated heterocycles. The van der Waals surface area contributed by atoms with Crippen molar-refractivity contribution in [3.05, 3.63) is 0 Å². The Morgan fingerprint density at radius 2 is 1.83 bits per heavy atom. The minimum absolute atomic E-state index is 0.0283. The number of guanidine groups is 1. The van der Waals surface area contributed by atoms with E-state index in [9.17, 15) is 18.0 Å². The Kier molecular flexibility index (Phi) is 8.15. The number of carbonyl (C=O) groups is 1. The summed E-state index contributed by atoms with van der Waals surface area (Å²) in [5.74, 6) is 0.792. The number of nitrogens with one attached hydrogen (secondary N) is 1. The van der Waals surface area contributed by atoms with E-state index in [1.807, 2.05) is 6.92 Å². The Hall–Kier alpha value is -1.51. The van der Waals surface area contributed by atoms with Crippen LogP contribution in [-0.4, -0.2) is 80.3 Å². The minimum Gasteiger partial charge on any atom is -0.372 e. The predicted molar refractivity (Wildman–Crippen MR) is 81.3 cm³/mol. The molecule has 1 rings (SSSR count). The van der Waals surface area contributed by atoms with Crippen LogP contribution < -0.4 is 5.32 Å². The molecule has 0 spiro atoms. The molecule has 0 aromatic heterocycles. The van der Waals surface area contributed by atoms with Gasteiger partial charge in [-0.1, -0.05) is 0 Å². The van der Waals surface area contributed by atoms with Crippen LogP contribution in [0.25, 0.3) is 0 Å². The van der Waals surface area contributed by atoms with Crippen LogP contribution in [0.1, 0.15) is 20.3 Å². The summed E-state index contributed by atoms with van der Waals surface area (Å²) in [4.78, 5) is 19.6. The minimum atomic E-state index is -4.28. The Balaban J connectivity index is 2.35. The first-order valence-electron chi connectivity index (χ1n) is 7.76. The molecule has 0 atom stereocenters. The van der Waals surface area contributed by atoms with Crippen LogP contribution >= 0.6 is 0 Å². The topological polar surface area (TPSA) is 57.2 Å². The number of rotatable bonds is 6. The van der Waals surface area contributed by atoms with Crippen LogP contribution in [0, 0.1) is 0 Å². The van der Waals surface area contributed by atoms with Gasteiger partial charge in [-0.15, -0.1) is 0 Å². The fraction of sp³-hybridized carbons (Fsp3) is 0.857. The van der Waals surface area contributed by atoms with Gasteiger partial charge in [0.05, 0.1) is 0 Å². The third-order valence-electron chi connectivity index (χ3n) is 3.33. The highest BCUT2D eigenvalue weighted by atomic mass is 19.4. The number of nitrogens with zero attached hydrogens (tertiary/aromatic N) is 3. The molecule has 1 amide bonds. The lowest BCUT2D eigenvalue weighted by Gasteiger charge is -2.36. The molecule has 0 aromatic carbocycles. The summed E-state index contributed by atoms with van der Waals surface area (Å²) < 4.78 is 40.3. The highest BCUT2D eigenvalue weighted by Crippen LogP contribution is 2.14. The number of halogens is 3.